The van der Waals surface area contributed by atoms with Crippen molar-refractivity contribution in [2.45, 2.75) is 38.0 Å². The van der Waals surface area contributed by atoms with Crippen molar-refractivity contribution in [3.05, 3.63) is 35.9 Å². The summed E-state index contributed by atoms with van der Waals surface area (Å²) in [6.45, 7) is 1.75. The zero-order valence-electron chi connectivity index (χ0n) is 12.0. The van der Waals surface area contributed by atoms with Gasteiger partial charge in [0.25, 0.3) is 0 Å². The normalized spacial score (nSPS) is 18.9. The van der Waals surface area contributed by atoms with Crippen molar-refractivity contribution in [2.75, 3.05) is 13.1 Å². The van der Waals surface area contributed by atoms with Crippen molar-refractivity contribution in [3.63, 3.8) is 0 Å². The first kappa shape index (κ1) is 14.9. The molecule has 20 heavy (non-hydrogen) atoms. The van der Waals surface area contributed by atoms with Crippen LogP contribution in [0, 0.1) is 5.92 Å². The molecule has 4 nitrogen and oxygen atoms in total. The maximum Gasteiger partial charge on any atom is 0.147 e. The van der Waals surface area contributed by atoms with E-state index in [4.69, 9.17) is 10.9 Å². The molecular formula is C16H25N3O. The molecule has 4 heteroatoms. The third kappa shape index (κ3) is 4.23. The van der Waals surface area contributed by atoms with Crippen LogP contribution < -0.4 is 11.1 Å². The van der Waals surface area contributed by atoms with Crippen LogP contribution in [0.5, 0.6) is 0 Å². The minimum absolute atomic E-state index is 0.0650. The lowest BCUT2D eigenvalue weighted by Gasteiger charge is -2.23. The van der Waals surface area contributed by atoms with Gasteiger partial charge in [-0.25, -0.2) is 0 Å². The summed E-state index contributed by atoms with van der Waals surface area (Å²) in [5.41, 5.74) is 6.91. The molecular weight excluding hydrogens is 250 g/mol. The average Bonchev–Trinajstić information content (AvgIpc) is 2.53. The van der Waals surface area contributed by atoms with Gasteiger partial charge in [-0.2, -0.15) is 0 Å². The summed E-state index contributed by atoms with van der Waals surface area (Å²) < 4.78 is 0. The first-order chi connectivity index (χ1) is 9.81. The Labute approximate surface area is 121 Å². The molecule has 0 bridgehead atoms. The van der Waals surface area contributed by atoms with Gasteiger partial charge in [0, 0.05) is 6.54 Å². The molecule has 1 aliphatic carbocycles. The van der Waals surface area contributed by atoms with E-state index in [9.17, 15) is 0 Å². The van der Waals surface area contributed by atoms with Crippen LogP contribution in [-0.2, 0) is 0 Å². The Morgan fingerprint density at radius 2 is 1.95 bits per heavy atom. The first-order valence-electron chi connectivity index (χ1n) is 7.54. The van der Waals surface area contributed by atoms with Crippen LogP contribution in [0.1, 0.15) is 43.6 Å². The first-order valence-corrected chi connectivity index (χ1v) is 7.54. The van der Waals surface area contributed by atoms with Crippen LogP contribution in [0.3, 0.4) is 0 Å². The van der Waals surface area contributed by atoms with Crippen LogP contribution in [0.15, 0.2) is 35.5 Å². The molecule has 1 aromatic rings. The lowest BCUT2D eigenvalue weighted by molar-refractivity contribution is 0.314. The third-order valence-electron chi connectivity index (χ3n) is 4.18. The van der Waals surface area contributed by atoms with Crippen LogP contribution >= 0.6 is 0 Å². The molecule has 0 saturated heterocycles. The fraction of sp³-hybridized carbons (Fsp3) is 0.562. The number of benzene rings is 1. The Bertz CT molecular complexity index is 413. The highest BCUT2D eigenvalue weighted by atomic mass is 16.4. The molecule has 1 unspecified atom stereocenters. The number of rotatable bonds is 6. The van der Waals surface area contributed by atoms with E-state index in [0.717, 1.165) is 24.6 Å². The topological polar surface area (TPSA) is 70.6 Å². The molecule has 0 heterocycles. The van der Waals surface area contributed by atoms with Gasteiger partial charge >= 0.3 is 0 Å². The van der Waals surface area contributed by atoms with Crippen LogP contribution in [0.2, 0.25) is 0 Å². The second-order valence-corrected chi connectivity index (χ2v) is 5.65. The van der Waals surface area contributed by atoms with Crippen molar-refractivity contribution in [3.8, 4) is 0 Å². The largest absolute Gasteiger partial charge is 0.409 e. The minimum Gasteiger partial charge on any atom is -0.409 e. The zero-order chi connectivity index (χ0) is 14.2. The minimum atomic E-state index is -0.0650. The van der Waals surface area contributed by atoms with Gasteiger partial charge in [0.05, 0.1) is 5.92 Å². The molecule has 0 spiro atoms. The lowest BCUT2D eigenvalue weighted by atomic mass is 9.89. The number of nitrogens with one attached hydrogen (secondary N) is 1. The molecule has 110 valence electrons. The van der Waals surface area contributed by atoms with Crippen molar-refractivity contribution in [2.24, 2.45) is 16.8 Å². The number of amidine groups is 1. The second-order valence-electron chi connectivity index (χ2n) is 5.65. The number of oxime groups is 1. The van der Waals surface area contributed by atoms with Crippen LogP contribution in [0.4, 0.5) is 0 Å². The predicted octanol–water partition coefficient (Wildman–Crippen LogP) is 2.69. The van der Waals surface area contributed by atoms with E-state index in [0.29, 0.717) is 0 Å². The highest BCUT2D eigenvalue weighted by Crippen LogP contribution is 2.23. The second kappa shape index (κ2) is 7.90. The number of nitrogens with zero attached hydrogens (tertiary/aromatic N) is 1. The molecule has 0 aliphatic heterocycles. The van der Waals surface area contributed by atoms with E-state index in [2.05, 4.69) is 10.5 Å². The Hall–Kier alpha value is -1.55. The quantitative estimate of drug-likeness (QED) is 0.323. The summed E-state index contributed by atoms with van der Waals surface area (Å²) in [4.78, 5) is 0. The molecule has 1 atom stereocenters. The Kier molecular flexibility index (Phi) is 5.87. The number of hydrogen-bond donors (Lipinski definition) is 3. The SMILES string of the molecule is NC(=NO)C(CNCC1CCCCC1)c1ccccc1. The molecule has 1 aromatic carbocycles. The van der Waals surface area contributed by atoms with Gasteiger partial charge in [-0.15, -0.1) is 0 Å². The zero-order valence-corrected chi connectivity index (χ0v) is 12.0. The predicted molar refractivity (Wildman–Crippen MR) is 82.0 cm³/mol. The molecule has 0 amide bonds. The summed E-state index contributed by atoms with van der Waals surface area (Å²) in [5, 5.41) is 15.6. The molecule has 4 N–H and O–H groups in total. The summed E-state index contributed by atoms with van der Waals surface area (Å²) in [6, 6.07) is 9.97. The fourth-order valence-corrected chi connectivity index (χ4v) is 2.97. The van der Waals surface area contributed by atoms with Gasteiger partial charge in [0.2, 0.25) is 0 Å². The van der Waals surface area contributed by atoms with E-state index < -0.39 is 0 Å². The summed E-state index contributed by atoms with van der Waals surface area (Å²) in [5.74, 6) is 0.990. The number of nitrogens with two attached hydrogens (primary N) is 1. The monoisotopic (exact) mass is 275 g/mol. The van der Waals surface area contributed by atoms with Gasteiger partial charge in [-0.1, -0.05) is 54.8 Å². The average molecular weight is 275 g/mol. The molecule has 1 fully saturated rings. The maximum atomic E-state index is 8.95. The Balaban J connectivity index is 1.88. The van der Waals surface area contributed by atoms with Gasteiger partial charge in [-0.3, -0.25) is 0 Å². The fourth-order valence-electron chi connectivity index (χ4n) is 2.97. The van der Waals surface area contributed by atoms with E-state index in [1.807, 2.05) is 30.3 Å². The Morgan fingerprint density at radius 3 is 2.60 bits per heavy atom. The molecule has 0 aromatic heterocycles. The molecule has 1 saturated carbocycles. The molecule has 2 rings (SSSR count). The lowest BCUT2D eigenvalue weighted by Crippen LogP contribution is -2.34. The van der Waals surface area contributed by atoms with Gasteiger partial charge < -0.3 is 16.3 Å². The van der Waals surface area contributed by atoms with E-state index in [1.54, 1.807) is 0 Å². The van der Waals surface area contributed by atoms with Gasteiger partial charge in [-0.05, 0) is 30.9 Å². The highest BCUT2D eigenvalue weighted by Gasteiger charge is 2.18. The van der Waals surface area contributed by atoms with Crippen molar-refractivity contribution < 1.29 is 5.21 Å². The summed E-state index contributed by atoms with van der Waals surface area (Å²) in [6.07, 6.45) is 6.75. The van der Waals surface area contributed by atoms with Crippen molar-refractivity contribution >= 4 is 5.84 Å². The highest BCUT2D eigenvalue weighted by molar-refractivity contribution is 5.87. The van der Waals surface area contributed by atoms with Gasteiger partial charge in [0.15, 0.2) is 0 Å². The Morgan fingerprint density at radius 1 is 1.25 bits per heavy atom. The maximum absolute atomic E-state index is 8.95. The van der Waals surface area contributed by atoms with Gasteiger partial charge in [0.1, 0.15) is 5.84 Å². The number of hydrogen-bond acceptors (Lipinski definition) is 3. The van der Waals surface area contributed by atoms with E-state index in [-0.39, 0.29) is 11.8 Å². The third-order valence-corrected chi connectivity index (χ3v) is 4.18. The van der Waals surface area contributed by atoms with Crippen molar-refractivity contribution in [1.82, 2.24) is 5.32 Å². The smallest absolute Gasteiger partial charge is 0.147 e. The van der Waals surface area contributed by atoms with Crippen LogP contribution in [-0.4, -0.2) is 24.1 Å². The van der Waals surface area contributed by atoms with E-state index >= 15 is 0 Å². The summed E-state index contributed by atoms with van der Waals surface area (Å²) >= 11 is 0. The van der Waals surface area contributed by atoms with Crippen molar-refractivity contribution in [1.29, 1.82) is 0 Å². The summed E-state index contributed by atoms with van der Waals surface area (Å²) in [7, 11) is 0. The van der Waals surface area contributed by atoms with Crippen LogP contribution in [0.25, 0.3) is 0 Å². The van der Waals surface area contributed by atoms with E-state index in [1.165, 1.54) is 32.1 Å². The molecule has 0 radical (unpaired) electrons. The molecule has 1 aliphatic rings. The standard InChI is InChI=1S/C16H25N3O/c17-16(19-20)15(14-9-5-2-6-10-14)12-18-11-13-7-3-1-4-8-13/h2,5-6,9-10,13,15,18,20H,1,3-4,7-8,11-12H2,(H2,17,19).